The van der Waals surface area contributed by atoms with E-state index in [4.69, 9.17) is 16.3 Å². The number of aromatic nitrogens is 1. The first-order valence-electron chi connectivity index (χ1n) is 6.76. The van der Waals surface area contributed by atoms with Gasteiger partial charge in [-0.1, -0.05) is 24.3 Å². The fraction of sp³-hybridized carbons (Fsp3) is 0.188. The topological polar surface area (TPSA) is 76.2 Å². The van der Waals surface area contributed by atoms with Crippen molar-refractivity contribution in [3.8, 4) is 0 Å². The van der Waals surface area contributed by atoms with E-state index in [0.717, 1.165) is 0 Å². The van der Waals surface area contributed by atoms with Gasteiger partial charge in [0.05, 0.1) is 29.3 Å². The minimum absolute atomic E-state index is 0.0297. The first-order chi connectivity index (χ1) is 10.6. The molecule has 1 aromatic heterocycles. The van der Waals surface area contributed by atoms with E-state index in [1.54, 1.807) is 31.2 Å². The second-order valence-corrected chi connectivity index (χ2v) is 5.05. The van der Waals surface area contributed by atoms with Crippen molar-refractivity contribution in [2.45, 2.75) is 12.8 Å². The average molecular weight is 318 g/mol. The Morgan fingerprint density at radius 3 is 2.41 bits per heavy atom. The number of H-pyrrole nitrogens is 1. The molecule has 1 aliphatic carbocycles. The number of rotatable bonds is 3. The van der Waals surface area contributed by atoms with Crippen molar-refractivity contribution in [2.24, 2.45) is 0 Å². The summed E-state index contributed by atoms with van der Waals surface area (Å²) in [4.78, 5) is 40.2. The Kier molecular flexibility index (Phi) is 3.58. The number of aromatic amines is 1. The Labute approximate surface area is 131 Å². The molecular formula is C16H12ClNO4. The molecule has 1 heterocycles. The van der Waals surface area contributed by atoms with Crippen LogP contribution in [0.25, 0.3) is 0 Å². The van der Waals surface area contributed by atoms with E-state index in [0.29, 0.717) is 11.3 Å². The minimum Gasteiger partial charge on any atom is -0.462 e. The van der Waals surface area contributed by atoms with Crippen LogP contribution in [0.1, 0.15) is 54.9 Å². The highest BCUT2D eigenvalue weighted by Gasteiger charge is 2.37. The molecule has 0 atom stereocenters. The molecule has 1 N–H and O–H groups in total. The lowest BCUT2D eigenvalue weighted by molar-refractivity contribution is 0.0523. The summed E-state index contributed by atoms with van der Waals surface area (Å²) in [5.41, 5.74) is 1.13. The number of esters is 1. The normalized spacial score (nSPS) is 12.8. The summed E-state index contributed by atoms with van der Waals surface area (Å²) in [6, 6.07) is 6.52. The van der Waals surface area contributed by atoms with Crippen LogP contribution in [-0.4, -0.2) is 29.1 Å². The molecule has 0 saturated heterocycles. The molecule has 0 spiro atoms. The van der Waals surface area contributed by atoms with Gasteiger partial charge in [-0.25, -0.2) is 4.79 Å². The van der Waals surface area contributed by atoms with Gasteiger partial charge in [-0.3, -0.25) is 9.59 Å². The lowest BCUT2D eigenvalue weighted by Crippen LogP contribution is -2.22. The number of alkyl halides is 1. The predicted molar refractivity (Wildman–Crippen MR) is 79.6 cm³/mol. The molecule has 5 nitrogen and oxygen atoms in total. The summed E-state index contributed by atoms with van der Waals surface area (Å²) >= 11 is 5.84. The van der Waals surface area contributed by atoms with E-state index in [2.05, 4.69) is 4.98 Å². The third-order valence-corrected chi connectivity index (χ3v) is 3.83. The average Bonchev–Trinajstić information content (AvgIpc) is 2.93. The molecule has 1 aliphatic rings. The second-order valence-electron chi connectivity index (χ2n) is 4.79. The van der Waals surface area contributed by atoms with Crippen molar-refractivity contribution in [1.29, 1.82) is 0 Å². The highest BCUT2D eigenvalue weighted by atomic mass is 35.5. The van der Waals surface area contributed by atoms with Gasteiger partial charge < -0.3 is 9.72 Å². The highest BCUT2D eigenvalue weighted by Crippen LogP contribution is 2.32. The van der Waals surface area contributed by atoms with E-state index in [9.17, 15) is 14.4 Å². The monoisotopic (exact) mass is 317 g/mol. The van der Waals surface area contributed by atoms with Crippen LogP contribution in [0.3, 0.4) is 0 Å². The number of fused-ring (bicyclic) bond motifs is 2. The van der Waals surface area contributed by atoms with Crippen LogP contribution in [0, 0.1) is 0 Å². The van der Waals surface area contributed by atoms with Gasteiger partial charge in [0.2, 0.25) is 5.78 Å². The maximum atomic E-state index is 12.7. The number of carbonyl (C=O) groups excluding carboxylic acids is 3. The molecule has 0 aliphatic heterocycles. The number of halogens is 1. The molecule has 0 saturated carbocycles. The maximum absolute atomic E-state index is 12.7. The standard InChI is InChI=1S/C16H12ClNO4/c1-2-22-16(21)11-10(7-17)18-13-12(11)14(19)8-5-3-4-6-9(8)15(13)20/h3-6,18H,2,7H2,1H3. The molecule has 0 radical (unpaired) electrons. The molecule has 1 aromatic carbocycles. The number of hydrogen-bond acceptors (Lipinski definition) is 4. The number of ether oxygens (including phenoxy) is 1. The Balaban J connectivity index is 2.26. The van der Waals surface area contributed by atoms with Crippen LogP contribution in [0.15, 0.2) is 24.3 Å². The van der Waals surface area contributed by atoms with E-state index >= 15 is 0 Å². The Morgan fingerprint density at radius 2 is 1.82 bits per heavy atom. The number of ketones is 2. The quantitative estimate of drug-likeness (QED) is 0.595. The van der Waals surface area contributed by atoms with Crippen molar-refractivity contribution in [1.82, 2.24) is 4.98 Å². The van der Waals surface area contributed by atoms with Gasteiger partial charge >= 0.3 is 5.97 Å². The smallest absolute Gasteiger partial charge is 0.340 e. The molecule has 112 valence electrons. The lowest BCUT2D eigenvalue weighted by Gasteiger charge is -2.14. The Hall–Kier alpha value is -2.40. The van der Waals surface area contributed by atoms with Crippen molar-refractivity contribution in [3.05, 3.63) is 57.9 Å². The van der Waals surface area contributed by atoms with Crippen molar-refractivity contribution >= 4 is 29.1 Å². The molecule has 0 unspecified atom stereocenters. The molecule has 0 bridgehead atoms. The van der Waals surface area contributed by atoms with E-state index in [1.807, 2.05) is 0 Å². The fourth-order valence-corrected chi connectivity index (χ4v) is 2.83. The molecule has 2 aromatic rings. The molecule has 3 rings (SSSR count). The van der Waals surface area contributed by atoms with Crippen molar-refractivity contribution in [2.75, 3.05) is 6.61 Å². The van der Waals surface area contributed by atoms with Crippen LogP contribution < -0.4 is 0 Å². The third-order valence-electron chi connectivity index (χ3n) is 3.56. The predicted octanol–water partition coefficient (Wildman–Crippen LogP) is 2.71. The van der Waals surface area contributed by atoms with Gasteiger partial charge in [0.15, 0.2) is 5.78 Å². The van der Waals surface area contributed by atoms with E-state index in [-0.39, 0.29) is 46.4 Å². The van der Waals surface area contributed by atoms with Crippen LogP contribution in [0.2, 0.25) is 0 Å². The molecular weight excluding hydrogens is 306 g/mol. The summed E-state index contributed by atoms with van der Waals surface area (Å²) in [5, 5.41) is 0. The van der Waals surface area contributed by atoms with Crippen LogP contribution in [0.5, 0.6) is 0 Å². The SMILES string of the molecule is CCOC(=O)c1c(CCl)[nH]c2c1C(=O)c1ccccc1C2=O. The maximum Gasteiger partial charge on any atom is 0.340 e. The first-order valence-corrected chi connectivity index (χ1v) is 7.29. The lowest BCUT2D eigenvalue weighted by atomic mass is 9.86. The number of benzene rings is 1. The van der Waals surface area contributed by atoms with E-state index in [1.165, 1.54) is 0 Å². The Bertz CT molecular complexity index is 806. The van der Waals surface area contributed by atoms with Crippen molar-refractivity contribution < 1.29 is 19.1 Å². The summed E-state index contributed by atoms with van der Waals surface area (Å²) in [6.45, 7) is 1.83. The number of carbonyl (C=O) groups is 3. The summed E-state index contributed by atoms with van der Waals surface area (Å²) in [6.07, 6.45) is 0. The Morgan fingerprint density at radius 1 is 1.18 bits per heavy atom. The first kappa shape index (κ1) is 14.5. The van der Waals surface area contributed by atoms with Gasteiger partial charge in [-0.2, -0.15) is 0 Å². The number of hydrogen-bond donors (Lipinski definition) is 1. The zero-order chi connectivity index (χ0) is 15.9. The summed E-state index contributed by atoms with van der Waals surface area (Å²) < 4.78 is 4.99. The van der Waals surface area contributed by atoms with Gasteiger partial charge in [0.1, 0.15) is 0 Å². The molecule has 0 fully saturated rings. The van der Waals surface area contributed by atoms with Crippen LogP contribution in [-0.2, 0) is 10.6 Å². The summed E-state index contributed by atoms with van der Waals surface area (Å²) in [5.74, 6) is -1.39. The largest absolute Gasteiger partial charge is 0.462 e. The van der Waals surface area contributed by atoms with Crippen LogP contribution in [0.4, 0.5) is 0 Å². The zero-order valence-electron chi connectivity index (χ0n) is 11.7. The molecule has 22 heavy (non-hydrogen) atoms. The van der Waals surface area contributed by atoms with Gasteiger partial charge in [0.25, 0.3) is 0 Å². The highest BCUT2D eigenvalue weighted by molar-refractivity contribution is 6.30. The fourth-order valence-electron chi connectivity index (χ4n) is 2.63. The van der Waals surface area contributed by atoms with Gasteiger partial charge in [0, 0.05) is 16.8 Å². The van der Waals surface area contributed by atoms with Crippen molar-refractivity contribution in [3.63, 3.8) is 0 Å². The van der Waals surface area contributed by atoms with Gasteiger partial charge in [-0.05, 0) is 6.92 Å². The van der Waals surface area contributed by atoms with E-state index < -0.39 is 5.97 Å². The van der Waals surface area contributed by atoms with Gasteiger partial charge in [-0.15, -0.1) is 11.6 Å². The van der Waals surface area contributed by atoms with Crippen LogP contribution >= 0.6 is 11.6 Å². The molecule has 0 amide bonds. The second kappa shape index (κ2) is 5.42. The zero-order valence-corrected chi connectivity index (χ0v) is 12.5. The third kappa shape index (κ3) is 1.97. The molecule has 6 heteroatoms. The number of nitrogens with one attached hydrogen (secondary N) is 1. The summed E-state index contributed by atoms with van der Waals surface area (Å²) in [7, 11) is 0. The minimum atomic E-state index is -0.656.